The van der Waals surface area contributed by atoms with Crippen LogP contribution in [0.3, 0.4) is 0 Å². The zero-order valence-electron chi connectivity index (χ0n) is 22.3. The molecule has 0 spiro atoms. The average Bonchev–Trinajstić information content (AvgIpc) is 2.93. The molecule has 1 saturated carbocycles. The smallest absolute Gasteiger partial charge is 0.314 e. The fourth-order valence-corrected chi connectivity index (χ4v) is 6.32. The second-order valence-electron chi connectivity index (χ2n) is 11.2. The second-order valence-corrected chi connectivity index (χ2v) is 11.2. The Labute approximate surface area is 222 Å². The predicted octanol–water partition coefficient (Wildman–Crippen LogP) is 8.38. The molecule has 206 valence electrons. The van der Waals surface area contributed by atoms with Crippen molar-refractivity contribution in [2.24, 2.45) is 11.8 Å². The number of esters is 1. The third-order valence-electron chi connectivity index (χ3n) is 8.50. The summed E-state index contributed by atoms with van der Waals surface area (Å²) in [6.07, 6.45) is 9.56. The molecule has 0 radical (unpaired) electrons. The van der Waals surface area contributed by atoms with Crippen molar-refractivity contribution in [2.45, 2.75) is 96.5 Å². The Hall–Kier alpha value is -2.54. The van der Waals surface area contributed by atoms with Gasteiger partial charge in [-0.1, -0.05) is 39.2 Å². The van der Waals surface area contributed by atoms with Gasteiger partial charge in [-0.25, -0.2) is 4.39 Å². The van der Waals surface area contributed by atoms with Crippen LogP contribution < -0.4 is 9.47 Å². The van der Waals surface area contributed by atoms with Gasteiger partial charge < -0.3 is 14.2 Å². The minimum absolute atomic E-state index is 0.166. The van der Waals surface area contributed by atoms with E-state index < -0.39 is 23.4 Å². The maximum Gasteiger partial charge on any atom is 0.314 e. The Kier molecular flexibility index (Phi) is 8.32. The van der Waals surface area contributed by atoms with Gasteiger partial charge in [0.05, 0.1) is 18.6 Å². The summed E-state index contributed by atoms with van der Waals surface area (Å²) in [7, 11) is 0. The summed E-state index contributed by atoms with van der Waals surface area (Å²) < 4.78 is 62.7. The molecule has 2 fully saturated rings. The van der Waals surface area contributed by atoms with Crippen molar-refractivity contribution in [1.29, 1.82) is 0 Å². The topological polar surface area (TPSA) is 44.8 Å². The van der Waals surface area contributed by atoms with Gasteiger partial charge in [0.1, 0.15) is 0 Å². The lowest BCUT2D eigenvalue weighted by atomic mass is 9.80. The molecule has 2 heterocycles. The van der Waals surface area contributed by atoms with E-state index in [1.165, 1.54) is 6.07 Å². The van der Waals surface area contributed by atoms with Crippen molar-refractivity contribution < 1.29 is 32.2 Å². The van der Waals surface area contributed by atoms with Crippen molar-refractivity contribution in [3.63, 3.8) is 0 Å². The molecule has 7 heteroatoms. The van der Waals surface area contributed by atoms with Gasteiger partial charge in [0, 0.05) is 23.5 Å². The van der Waals surface area contributed by atoms with Gasteiger partial charge in [-0.05, 0) is 68.6 Å². The summed E-state index contributed by atoms with van der Waals surface area (Å²) in [5.41, 5.74) is 1.24. The third kappa shape index (κ3) is 5.45. The van der Waals surface area contributed by atoms with Crippen LogP contribution in [0.15, 0.2) is 18.2 Å². The highest BCUT2D eigenvalue weighted by atomic mass is 19.2. The van der Waals surface area contributed by atoms with Crippen molar-refractivity contribution in [2.75, 3.05) is 6.61 Å². The monoisotopic (exact) mass is 530 g/mol. The molecule has 0 aromatic heterocycles. The lowest BCUT2D eigenvalue weighted by molar-refractivity contribution is -0.140. The summed E-state index contributed by atoms with van der Waals surface area (Å²) in [6, 6.07) is 4.68. The van der Waals surface area contributed by atoms with Crippen LogP contribution in [0.25, 0.3) is 0 Å². The van der Waals surface area contributed by atoms with E-state index in [1.54, 1.807) is 12.1 Å². The molecule has 5 rings (SSSR count). The van der Waals surface area contributed by atoms with Crippen LogP contribution in [0, 0.1) is 29.3 Å². The summed E-state index contributed by atoms with van der Waals surface area (Å²) in [5.74, 6) is -4.05. The maximum atomic E-state index is 15.4. The third-order valence-corrected chi connectivity index (χ3v) is 8.50. The number of halogens is 3. The molecule has 1 saturated heterocycles. The molecular weight excluding hydrogens is 493 g/mol. The van der Waals surface area contributed by atoms with Crippen LogP contribution in [-0.2, 0) is 16.0 Å². The Balaban J connectivity index is 1.30. The van der Waals surface area contributed by atoms with Gasteiger partial charge in [0.2, 0.25) is 11.6 Å². The maximum absolute atomic E-state index is 15.4. The standard InChI is InChI=1S/C31H37F3O4/c1-3-5-18-7-9-19(10-8-18)31(35)37-25-14-12-20-15-22-16-24(21-11-13-23(6-4-2)36-17-21)26(32)28(34)30(22)38-29(20)27(25)33/h12,14,16,18-19,21,23H,3-11,13,15,17H2,1-2H3. The number of hydrogen-bond donors (Lipinski definition) is 0. The van der Waals surface area contributed by atoms with Gasteiger partial charge in [-0.15, -0.1) is 0 Å². The van der Waals surface area contributed by atoms with E-state index in [-0.39, 0.29) is 47.2 Å². The number of fused-ring (bicyclic) bond motifs is 2. The average molecular weight is 531 g/mol. The highest BCUT2D eigenvalue weighted by Gasteiger charge is 2.33. The summed E-state index contributed by atoms with van der Waals surface area (Å²) in [6.45, 7) is 4.61. The van der Waals surface area contributed by atoms with Gasteiger partial charge in [-0.2, -0.15) is 8.78 Å². The number of hydrogen-bond acceptors (Lipinski definition) is 4. The first-order valence-corrected chi connectivity index (χ1v) is 14.2. The molecule has 0 N–H and O–H groups in total. The summed E-state index contributed by atoms with van der Waals surface area (Å²) >= 11 is 0. The SMILES string of the molecule is CCCC1CCC(C(=O)Oc2ccc3c(c2F)Oc2c(cc(C4CCC(CCC)OC4)c(F)c2F)C3)CC1. The summed E-state index contributed by atoms with van der Waals surface area (Å²) in [4.78, 5) is 12.7. The van der Waals surface area contributed by atoms with Crippen molar-refractivity contribution in [1.82, 2.24) is 0 Å². The Bertz CT molecular complexity index is 1160. The van der Waals surface area contributed by atoms with Crippen molar-refractivity contribution >= 4 is 5.97 Å². The molecule has 0 bridgehead atoms. The van der Waals surface area contributed by atoms with Gasteiger partial charge in [-0.3, -0.25) is 4.79 Å². The van der Waals surface area contributed by atoms with Crippen molar-refractivity contribution in [3.8, 4) is 17.2 Å². The number of benzene rings is 2. The predicted molar refractivity (Wildman–Crippen MR) is 138 cm³/mol. The number of ether oxygens (including phenoxy) is 3. The first kappa shape index (κ1) is 27.0. The van der Waals surface area contributed by atoms with E-state index in [1.807, 2.05) is 0 Å². The molecule has 2 aliphatic heterocycles. The first-order chi connectivity index (χ1) is 18.4. The van der Waals surface area contributed by atoms with E-state index in [4.69, 9.17) is 14.2 Å². The van der Waals surface area contributed by atoms with E-state index in [0.717, 1.165) is 64.2 Å². The molecule has 1 aliphatic carbocycles. The van der Waals surface area contributed by atoms with Gasteiger partial charge in [0.15, 0.2) is 23.1 Å². The lowest BCUT2D eigenvalue weighted by Crippen LogP contribution is -2.26. The minimum atomic E-state index is -1.12. The molecular formula is C31H37F3O4. The molecule has 2 atom stereocenters. The number of carbonyl (C=O) groups is 1. The van der Waals surface area contributed by atoms with Crippen LogP contribution >= 0.6 is 0 Å². The number of carbonyl (C=O) groups excluding carboxylic acids is 1. The Morgan fingerprint density at radius 2 is 1.63 bits per heavy atom. The van der Waals surface area contributed by atoms with Crippen molar-refractivity contribution in [3.05, 3.63) is 52.3 Å². The van der Waals surface area contributed by atoms with E-state index in [2.05, 4.69) is 13.8 Å². The first-order valence-electron chi connectivity index (χ1n) is 14.2. The Morgan fingerprint density at radius 1 is 0.895 bits per heavy atom. The van der Waals surface area contributed by atoms with Crippen LogP contribution in [0.4, 0.5) is 13.2 Å². The van der Waals surface area contributed by atoms with Gasteiger partial charge in [0.25, 0.3) is 0 Å². The van der Waals surface area contributed by atoms with Crippen LogP contribution in [0.5, 0.6) is 17.2 Å². The van der Waals surface area contributed by atoms with E-state index in [0.29, 0.717) is 23.7 Å². The molecule has 4 nitrogen and oxygen atoms in total. The summed E-state index contributed by atoms with van der Waals surface area (Å²) in [5, 5.41) is 0. The highest BCUT2D eigenvalue weighted by molar-refractivity contribution is 5.75. The molecule has 2 unspecified atom stereocenters. The zero-order chi connectivity index (χ0) is 26.8. The fourth-order valence-electron chi connectivity index (χ4n) is 6.32. The molecule has 3 aliphatic rings. The molecule has 2 aromatic carbocycles. The van der Waals surface area contributed by atoms with E-state index in [9.17, 15) is 4.79 Å². The fraction of sp³-hybridized carbons (Fsp3) is 0.581. The quantitative estimate of drug-likeness (QED) is 0.227. The van der Waals surface area contributed by atoms with Crippen LogP contribution in [-0.4, -0.2) is 18.7 Å². The molecule has 0 amide bonds. The Morgan fingerprint density at radius 3 is 2.32 bits per heavy atom. The second kappa shape index (κ2) is 11.7. The molecule has 2 aromatic rings. The normalized spacial score (nSPS) is 24.8. The zero-order valence-corrected chi connectivity index (χ0v) is 22.3. The molecule has 38 heavy (non-hydrogen) atoms. The number of rotatable bonds is 7. The highest BCUT2D eigenvalue weighted by Crippen LogP contribution is 2.45. The van der Waals surface area contributed by atoms with Crippen LogP contribution in [0.2, 0.25) is 0 Å². The minimum Gasteiger partial charge on any atom is -0.450 e. The van der Waals surface area contributed by atoms with Gasteiger partial charge >= 0.3 is 5.97 Å². The lowest BCUT2D eigenvalue weighted by Gasteiger charge is -2.30. The van der Waals surface area contributed by atoms with Crippen LogP contribution in [0.1, 0.15) is 101 Å². The van der Waals surface area contributed by atoms with E-state index >= 15 is 13.2 Å². The largest absolute Gasteiger partial charge is 0.450 e.